The molecule has 0 saturated carbocycles. The van der Waals surface area contributed by atoms with E-state index in [9.17, 15) is 9.18 Å². The fraction of sp³-hybridized carbons (Fsp3) is 0.0870. The van der Waals surface area contributed by atoms with Gasteiger partial charge in [0.1, 0.15) is 11.6 Å². The lowest BCUT2D eigenvalue weighted by Crippen LogP contribution is -2.09. The van der Waals surface area contributed by atoms with Crippen LogP contribution >= 0.6 is 11.6 Å². The molecule has 1 aromatic carbocycles. The summed E-state index contributed by atoms with van der Waals surface area (Å²) in [6.45, 7) is 1.54. The molecule has 3 heterocycles. The largest absolute Gasteiger partial charge is 0.439 e. The lowest BCUT2D eigenvalue weighted by molar-refractivity contribution is 0.0990. The van der Waals surface area contributed by atoms with E-state index in [4.69, 9.17) is 16.3 Å². The molecule has 0 aliphatic rings. The number of pyridine rings is 2. The van der Waals surface area contributed by atoms with E-state index >= 15 is 0 Å². The summed E-state index contributed by atoms with van der Waals surface area (Å²) < 4.78 is 19.4. The van der Waals surface area contributed by atoms with Crippen LogP contribution in [0, 0.1) is 12.7 Å². The summed E-state index contributed by atoms with van der Waals surface area (Å²) in [5.74, 6) is 0.205. The van der Waals surface area contributed by atoms with Crippen LogP contribution in [0.1, 0.15) is 21.6 Å². The summed E-state index contributed by atoms with van der Waals surface area (Å²) >= 11 is 6.33. The lowest BCUT2D eigenvalue weighted by atomic mass is 10.0. The van der Waals surface area contributed by atoms with E-state index in [1.165, 1.54) is 18.6 Å². The molecule has 0 saturated heterocycles. The number of ketones is 1. The van der Waals surface area contributed by atoms with Crippen molar-refractivity contribution < 1.29 is 13.9 Å². The number of carbonyl (C=O) groups is 1. The van der Waals surface area contributed by atoms with Crippen molar-refractivity contribution in [2.24, 2.45) is 0 Å². The smallest absolute Gasteiger partial charge is 0.219 e. The van der Waals surface area contributed by atoms with Crippen molar-refractivity contribution in [3.63, 3.8) is 0 Å². The second-order valence-corrected chi connectivity index (χ2v) is 7.11. The average molecular weight is 435 g/mol. The van der Waals surface area contributed by atoms with Gasteiger partial charge in [-0.3, -0.25) is 19.7 Å². The van der Waals surface area contributed by atoms with Crippen molar-refractivity contribution >= 4 is 17.4 Å². The zero-order valence-corrected chi connectivity index (χ0v) is 17.2. The van der Waals surface area contributed by atoms with Crippen molar-refractivity contribution in [1.29, 1.82) is 0 Å². The molecule has 0 aliphatic carbocycles. The summed E-state index contributed by atoms with van der Waals surface area (Å²) in [5.41, 5.74) is 2.10. The molecule has 0 amide bonds. The first-order valence-corrected chi connectivity index (χ1v) is 9.72. The Morgan fingerprint density at radius 2 is 1.94 bits per heavy atom. The fourth-order valence-electron chi connectivity index (χ4n) is 2.92. The number of halogens is 2. The summed E-state index contributed by atoms with van der Waals surface area (Å²) in [5, 5.41) is 0.480. The van der Waals surface area contributed by atoms with Crippen molar-refractivity contribution in [1.82, 2.24) is 19.9 Å². The molecule has 0 unspecified atom stereocenters. The van der Waals surface area contributed by atoms with Crippen molar-refractivity contribution in [2.75, 3.05) is 0 Å². The summed E-state index contributed by atoms with van der Waals surface area (Å²) in [6, 6.07) is 10.5. The zero-order valence-electron chi connectivity index (χ0n) is 16.4. The Kier molecular flexibility index (Phi) is 5.95. The molecule has 31 heavy (non-hydrogen) atoms. The summed E-state index contributed by atoms with van der Waals surface area (Å²) in [4.78, 5) is 29.1. The minimum absolute atomic E-state index is 0.0180. The molecule has 0 spiro atoms. The first-order valence-electron chi connectivity index (χ1n) is 9.34. The monoisotopic (exact) mass is 434 g/mol. The molecule has 0 radical (unpaired) electrons. The van der Waals surface area contributed by atoms with Crippen LogP contribution in [0.4, 0.5) is 4.39 Å². The number of aromatic nitrogens is 4. The third-order valence-corrected chi connectivity index (χ3v) is 4.90. The van der Waals surface area contributed by atoms with Crippen molar-refractivity contribution in [3.8, 4) is 22.9 Å². The first-order chi connectivity index (χ1) is 15.0. The lowest BCUT2D eigenvalue weighted by Gasteiger charge is -2.09. The molecular formula is C23H16ClFN4O2. The molecule has 0 bridgehead atoms. The quantitative estimate of drug-likeness (QED) is 0.385. The molecule has 4 aromatic rings. The minimum atomic E-state index is -0.519. The van der Waals surface area contributed by atoms with Gasteiger partial charge in [-0.05, 0) is 36.8 Å². The molecule has 0 fully saturated rings. The van der Waals surface area contributed by atoms with Gasteiger partial charge in [0.15, 0.2) is 5.78 Å². The zero-order chi connectivity index (χ0) is 21.8. The average Bonchev–Trinajstić information content (AvgIpc) is 2.78. The highest BCUT2D eigenvalue weighted by atomic mass is 35.5. The van der Waals surface area contributed by atoms with Gasteiger partial charge in [0, 0.05) is 35.8 Å². The summed E-state index contributed by atoms with van der Waals surface area (Å²) in [6.07, 6.45) is 7.09. The number of hydrogen-bond acceptors (Lipinski definition) is 6. The highest BCUT2D eigenvalue weighted by molar-refractivity contribution is 6.33. The summed E-state index contributed by atoms with van der Waals surface area (Å²) in [7, 11) is 0. The third-order valence-electron chi connectivity index (χ3n) is 4.58. The molecule has 0 N–H and O–H groups in total. The molecule has 154 valence electrons. The van der Waals surface area contributed by atoms with Gasteiger partial charge in [-0.1, -0.05) is 17.7 Å². The Labute approximate surface area is 182 Å². The van der Waals surface area contributed by atoms with E-state index in [1.54, 1.807) is 43.5 Å². The van der Waals surface area contributed by atoms with Gasteiger partial charge in [-0.2, -0.15) is 0 Å². The molecular weight excluding hydrogens is 419 g/mol. The van der Waals surface area contributed by atoms with Crippen LogP contribution in [0.3, 0.4) is 0 Å². The highest BCUT2D eigenvalue weighted by Crippen LogP contribution is 2.31. The molecule has 0 aliphatic heterocycles. The molecule has 6 nitrogen and oxygen atoms in total. The van der Waals surface area contributed by atoms with Crippen LogP contribution in [0.25, 0.3) is 11.3 Å². The predicted octanol–water partition coefficient (Wildman–Crippen LogP) is 5.25. The van der Waals surface area contributed by atoms with E-state index in [0.717, 1.165) is 6.20 Å². The maximum Gasteiger partial charge on any atom is 0.219 e. The van der Waals surface area contributed by atoms with Gasteiger partial charge < -0.3 is 4.74 Å². The van der Waals surface area contributed by atoms with Crippen LogP contribution in [-0.4, -0.2) is 25.7 Å². The number of benzene rings is 1. The highest BCUT2D eigenvalue weighted by Gasteiger charge is 2.15. The minimum Gasteiger partial charge on any atom is -0.439 e. The molecule has 0 atom stereocenters. The van der Waals surface area contributed by atoms with Crippen LogP contribution in [0.15, 0.2) is 67.4 Å². The Morgan fingerprint density at radius 1 is 1.06 bits per heavy atom. The van der Waals surface area contributed by atoms with E-state index < -0.39 is 5.82 Å². The van der Waals surface area contributed by atoms with Gasteiger partial charge in [0.25, 0.3) is 0 Å². The van der Waals surface area contributed by atoms with Crippen LogP contribution in [0.5, 0.6) is 11.6 Å². The second kappa shape index (κ2) is 8.97. The molecule has 4 rings (SSSR count). The number of carbonyl (C=O) groups excluding carboxylic acids is 1. The maximum atomic E-state index is 13.7. The number of rotatable bonds is 6. The fourth-order valence-corrected chi connectivity index (χ4v) is 3.13. The number of ether oxygens (including phenoxy) is 1. The van der Waals surface area contributed by atoms with Gasteiger partial charge in [-0.25, -0.2) is 9.37 Å². The number of nitrogens with zero attached hydrogens (tertiary/aromatic N) is 4. The maximum absolute atomic E-state index is 13.7. The molecule has 8 heteroatoms. The first kappa shape index (κ1) is 20.6. The van der Waals surface area contributed by atoms with E-state index in [2.05, 4.69) is 19.9 Å². The Hall–Kier alpha value is -3.71. The van der Waals surface area contributed by atoms with Gasteiger partial charge in [0.2, 0.25) is 5.88 Å². The Balaban J connectivity index is 1.53. The van der Waals surface area contributed by atoms with E-state index in [-0.39, 0.29) is 23.3 Å². The van der Waals surface area contributed by atoms with Crippen LogP contribution < -0.4 is 4.74 Å². The van der Waals surface area contributed by atoms with E-state index in [1.807, 2.05) is 6.07 Å². The van der Waals surface area contributed by atoms with Crippen LogP contribution in [-0.2, 0) is 6.42 Å². The predicted molar refractivity (Wildman–Crippen MR) is 114 cm³/mol. The van der Waals surface area contributed by atoms with E-state index in [0.29, 0.717) is 33.6 Å². The topological polar surface area (TPSA) is 77.9 Å². The van der Waals surface area contributed by atoms with Gasteiger partial charge in [-0.15, -0.1) is 0 Å². The third kappa shape index (κ3) is 4.73. The Bertz CT molecular complexity index is 1230. The van der Waals surface area contributed by atoms with Gasteiger partial charge in [0.05, 0.1) is 35.2 Å². The second-order valence-electron chi connectivity index (χ2n) is 6.70. The standard InChI is InChI=1S/C23H16ClFN4O2/c1-14-18(11-26-12-20(14)25)22(30)8-15-10-29-21(13-28-15)17-9-16(5-6-19(17)24)31-23-4-2-3-7-27-23/h2-7,9-13H,8H2,1H3. The van der Waals surface area contributed by atoms with Gasteiger partial charge >= 0.3 is 0 Å². The normalized spacial score (nSPS) is 10.7. The van der Waals surface area contributed by atoms with Crippen molar-refractivity contribution in [3.05, 3.63) is 95.0 Å². The van der Waals surface area contributed by atoms with Crippen LogP contribution in [0.2, 0.25) is 5.02 Å². The van der Waals surface area contributed by atoms with Crippen molar-refractivity contribution in [2.45, 2.75) is 13.3 Å². The Morgan fingerprint density at radius 3 is 2.68 bits per heavy atom. The SMILES string of the molecule is Cc1c(F)cncc1C(=O)Cc1cnc(-c2cc(Oc3ccccn3)ccc2Cl)cn1. The molecule has 3 aromatic heterocycles. The number of hydrogen-bond donors (Lipinski definition) is 0. The number of Topliss-reactive ketones (excluding diaryl/α,β-unsaturated/α-hetero) is 1.